The smallest absolute Gasteiger partial charge is 0.338 e. The van der Waals surface area contributed by atoms with Crippen molar-refractivity contribution in [2.24, 2.45) is 4.99 Å². The zero-order chi connectivity index (χ0) is 26.7. The highest BCUT2D eigenvalue weighted by atomic mass is 32.1. The highest BCUT2D eigenvalue weighted by molar-refractivity contribution is 7.07. The van der Waals surface area contributed by atoms with E-state index in [0.717, 1.165) is 11.3 Å². The van der Waals surface area contributed by atoms with E-state index in [1.807, 2.05) is 6.92 Å². The van der Waals surface area contributed by atoms with Crippen molar-refractivity contribution < 1.29 is 28.8 Å². The molecular weight excluding hydrogens is 496 g/mol. The molecule has 0 radical (unpaired) electrons. The zero-order valence-corrected chi connectivity index (χ0v) is 22.0. The lowest BCUT2D eigenvalue weighted by atomic mass is 9.94. The molecule has 2 aromatic carbocycles. The quantitative estimate of drug-likeness (QED) is 0.452. The maximum absolute atomic E-state index is 13.8. The minimum Gasteiger partial charge on any atom is -0.504 e. The van der Waals surface area contributed by atoms with Gasteiger partial charge in [0.25, 0.3) is 5.56 Å². The van der Waals surface area contributed by atoms with E-state index in [4.69, 9.17) is 18.9 Å². The molecule has 1 aromatic heterocycles. The molecule has 0 amide bonds. The third kappa shape index (κ3) is 4.72. The molecule has 0 bridgehead atoms. The van der Waals surface area contributed by atoms with Gasteiger partial charge in [-0.05, 0) is 39.0 Å². The average molecular weight is 525 g/mol. The van der Waals surface area contributed by atoms with Crippen molar-refractivity contribution in [3.63, 3.8) is 0 Å². The van der Waals surface area contributed by atoms with E-state index in [1.165, 1.54) is 18.8 Å². The number of phenols is 1. The number of phenolic OH excluding ortho intramolecular Hbond substituents is 1. The fraction of sp³-hybridized carbons (Fsp3) is 0.296. The summed E-state index contributed by atoms with van der Waals surface area (Å²) in [6.07, 6.45) is 1.58. The van der Waals surface area contributed by atoms with Gasteiger partial charge in [0.15, 0.2) is 27.8 Å². The van der Waals surface area contributed by atoms with Gasteiger partial charge < -0.3 is 24.1 Å². The lowest BCUT2D eigenvalue weighted by Crippen LogP contribution is -2.40. The number of aromatic nitrogens is 1. The molecule has 10 heteroatoms. The van der Waals surface area contributed by atoms with Crippen LogP contribution in [0.15, 0.2) is 57.5 Å². The molecule has 4 rings (SSSR count). The number of fused-ring (bicyclic) bond motifs is 1. The number of carbonyl (C=O) groups is 1. The van der Waals surface area contributed by atoms with Crippen molar-refractivity contribution in [2.75, 3.05) is 27.4 Å². The van der Waals surface area contributed by atoms with Crippen molar-refractivity contribution in [3.05, 3.63) is 78.5 Å². The summed E-state index contributed by atoms with van der Waals surface area (Å²) in [6.45, 7) is 5.79. The van der Waals surface area contributed by atoms with Crippen molar-refractivity contribution in [3.8, 4) is 23.0 Å². The number of aromatic hydroxyl groups is 1. The van der Waals surface area contributed by atoms with Gasteiger partial charge >= 0.3 is 5.97 Å². The normalized spacial score (nSPS) is 15.2. The molecule has 1 aliphatic rings. The summed E-state index contributed by atoms with van der Waals surface area (Å²) in [6, 6.07) is 9.48. The lowest BCUT2D eigenvalue weighted by Gasteiger charge is -2.26. The highest BCUT2D eigenvalue weighted by Crippen LogP contribution is 2.40. The van der Waals surface area contributed by atoms with Crippen LogP contribution in [0.5, 0.6) is 23.0 Å². The SMILES string of the molecule is CCOC(=O)C1=C(C)N=c2s/c(=C/c3cccc(OC)c3O)c(=O)n2[C@@H]1c1cccc(OC)c1OCC. The van der Waals surface area contributed by atoms with Gasteiger partial charge in [-0.1, -0.05) is 35.6 Å². The maximum atomic E-state index is 13.8. The Morgan fingerprint density at radius 1 is 1.11 bits per heavy atom. The molecule has 0 saturated carbocycles. The second-order valence-corrected chi connectivity index (χ2v) is 9.02. The molecule has 194 valence electrons. The summed E-state index contributed by atoms with van der Waals surface area (Å²) in [5.41, 5.74) is 1.27. The number of para-hydroxylation sites is 2. The minimum atomic E-state index is -0.868. The standard InChI is InChI=1S/C27H28N2O7S/c1-6-35-24-17(11-9-13-19(24)34-5)22-21(26(32)36-7-2)15(3)28-27-29(22)25(31)20(37-27)14-16-10-8-12-18(33-4)23(16)30/h8-14,22,30H,6-7H2,1-5H3/b20-14+/t22-/m1/s1. The van der Waals surface area contributed by atoms with E-state index in [9.17, 15) is 14.7 Å². The van der Waals surface area contributed by atoms with Gasteiger partial charge in [0.1, 0.15) is 6.04 Å². The maximum Gasteiger partial charge on any atom is 0.338 e. The number of ether oxygens (including phenoxy) is 4. The Morgan fingerprint density at radius 2 is 1.81 bits per heavy atom. The second-order valence-electron chi connectivity index (χ2n) is 8.01. The van der Waals surface area contributed by atoms with Crippen LogP contribution in [0.2, 0.25) is 0 Å². The van der Waals surface area contributed by atoms with Crippen LogP contribution in [-0.2, 0) is 9.53 Å². The molecule has 1 N–H and O–H groups in total. The van der Waals surface area contributed by atoms with Crippen LogP contribution in [0.4, 0.5) is 0 Å². The van der Waals surface area contributed by atoms with Gasteiger partial charge in [-0.15, -0.1) is 0 Å². The Hall–Kier alpha value is -4.05. The molecule has 1 aliphatic heterocycles. The summed E-state index contributed by atoms with van der Waals surface area (Å²) < 4.78 is 23.8. The Bertz CT molecular complexity index is 1550. The molecule has 0 saturated heterocycles. The molecule has 3 aromatic rings. The lowest BCUT2D eigenvalue weighted by molar-refractivity contribution is -0.139. The van der Waals surface area contributed by atoms with Gasteiger partial charge in [0, 0.05) is 11.1 Å². The summed E-state index contributed by atoms with van der Waals surface area (Å²) in [4.78, 5) is 32.0. The van der Waals surface area contributed by atoms with Crippen LogP contribution in [0.3, 0.4) is 0 Å². The third-order valence-corrected chi connectivity index (χ3v) is 6.85. The summed E-state index contributed by atoms with van der Waals surface area (Å²) >= 11 is 1.16. The number of rotatable bonds is 8. The fourth-order valence-electron chi connectivity index (χ4n) is 4.26. The molecule has 2 heterocycles. The first kappa shape index (κ1) is 26.0. The largest absolute Gasteiger partial charge is 0.504 e. The molecule has 9 nitrogen and oxygen atoms in total. The number of carbonyl (C=O) groups excluding carboxylic acids is 1. The van der Waals surface area contributed by atoms with Gasteiger partial charge in [0.05, 0.1) is 43.2 Å². The van der Waals surface area contributed by atoms with E-state index in [2.05, 4.69) is 4.99 Å². The van der Waals surface area contributed by atoms with Crippen LogP contribution in [0, 0.1) is 0 Å². The van der Waals surface area contributed by atoms with Crippen LogP contribution in [-0.4, -0.2) is 43.1 Å². The summed E-state index contributed by atoms with van der Waals surface area (Å²) in [5, 5.41) is 10.6. The number of methoxy groups -OCH3 is 2. The molecule has 1 atom stereocenters. The molecule has 0 unspecified atom stereocenters. The predicted molar refractivity (Wildman–Crippen MR) is 139 cm³/mol. The summed E-state index contributed by atoms with van der Waals surface area (Å²) in [5.74, 6) is 0.535. The fourth-order valence-corrected chi connectivity index (χ4v) is 5.29. The minimum absolute atomic E-state index is 0.0813. The third-order valence-electron chi connectivity index (χ3n) is 5.87. The molecule has 0 fully saturated rings. The Labute approximate surface area is 217 Å². The van der Waals surface area contributed by atoms with Crippen molar-refractivity contribution >= 4 is 23.4 Å². The monoisotopic (exact) mass is 524 g/mol. The van der Waals surface area contributed by atoms with Crippen molar-refractivity contribution in [1.29, 1.82) is 0 Å². The van der Waals surface area contributed by atoms with Crippen LogP contribution in [0.25, 0.3) is 6.08 Å². The predicted octanol–water partition coefficient (Wildman–Crippen LogP) is 2.92. The molecule has 0 spiro atoms. The van der Waals surface area contributed by atoms with E-state index in [-0.39, 0.29) is 29.2 Å². The number of benzene rings is 2. The Morgan fingerprint density at radius 3 is 2.49 bits per heavy atom. The van der Waals surface area contributed by atoms with E-state index in [1.54, 1.807) is 56.3 Å². The number of allylic oxidation sites excluding steroid dienone is 1. The first-order chi connectivity index (χ1) is 17.9. The zero-order valence-electron chi connectivity index (χ0n) is 21.2. The van der Waals surface area contributed by atoms with Crippen LogP contribution < -0.4 is 29.1 Å². The van der Waals surface area contributed by atoms with Crippen LogP contribution in [0.1, 0.15) is 37.9 Å². The van der Waals surface area contributed by atoms with E-state index in [0.29, 0.717) is 44.3 Å². The van der Waals surface area contributed by atoms with E-state index >= 15 is 0 Å². The van der Waals surface area contributed by atoms with Gasteiger partial charge in [-0.2, -0.15) is 0 Å². The average Bonchev–Trinajstić information content (AvgIpc) is 3.19. The molecule has 37 heavy (non-hydrogen) atoms. The second kappa shape index (κ2) is 10.9. The molecule has 0 aliphatic carbocycles. The highest BCUT2D eigenvalue weighted by Gasteiger charge is 2.36. The molecular formula is C27H28N2O7S. The van der Waals surface area contributed by atoms with Gasteiger partial charge in [0.2, 0.25) is 0 Å². The van der Waals surface area contributed by atoms with Crippen molar-refractivity contribution in [2.45, 2.75) is 26.8 Å². The Balaban J connectivity index is 2.03. The van der Waals surface area contributed by atoms with Gasteiger partial charge in [-0.25, -0.2) is 9.79 Å². The Kier molecular flexibility index (Phi) is 7.68. The van der Waals surface area contributed by atoms with Crippen LogP contribution >= 0.6 is 11.3 Å². The number of nitrogens with zero attached hydrogens (tertiary/aromatic N) is 2. The number of hydrogen-bond donors (Lipinski definition) is 1. The topological polar surface area (TPSA) is 109 Å². The van der Waals surface area contributed by atoms with Crippen molar-refractivity contribution in [1.82, 2.24) is 4.57 Å². The first-order valence-corrected chi connectivity index (χ1v) is 12.5. The number of esters is 1. The van der Waals surface area contributed by atoms with Gasteiger partial charge in [-0.3, -0.25) is 9.36 Å². The number of thiazole rings is 1. The first-order valence-electron chi connectivity index (χ1n) is 11.7. The summed E-state index contributed by atoms with van der Waals surface area (Å²) in [7, 11) is 2.98. The van der Waals surface area contributed by atoms with E-state index < -0.39 is 12.0 Å². The number of hydrogen-bond acceptors (Lipinski definition) is 9.